The number of carboxylic acids is 1. The zero-order valence-corrected chi connectivity index (χ0v) is 12.2. The SMILES string of the molecule is CCCCCC(OON1C(=O)c2ccccc2C1=O)C(=O)O. The number of aliphatic carboxylic acids is 1. The van der Waals surface area contributed by atoms with Gasteiger partial charge in [-0.05, 0) is 18.6 Å². The molecule has 1 aromatic carbocycles. The van der Waals surface area contributed by atoms with Crippen molar-refractivity contribution in [3.8, 4) is 0 Å². The van der Waals surface area contributed by atoms with Gasteiger partial charge in [0.1, 0.15) is 0 Å². The van der Waals surface area contributed by atoms with Crippen LogP contribution in [0.25, 0.3) is 0 Å². The zero-order valence-electron chi connectivity index (χ0n) is 12.2. The maximum absolute atomic E-state index is 12.0. The molecule has 0 bridgehead atoms. The third kappa shape index (κ3) is 3.32. The molecular formula is C15H17NO6. The van der Waals surface area contributed by atoms with E-state index in [-0.39, 0.29) is 17.5 Å². The number of fused-ring (bicyclic) bond motifs is 1. The Morgan fingerprint density at radius 2 is 1.77 bits per heavy atom. The summed E-state index contributed by atoms with van der Waals surface area (Å²) in [6, 6.07) is 6.24. The summed E-state index contributed by atoms with van der Waals surface area (Å²) in [4.78, 5) is 44.6. The predicted octanol–water partition coefficient (Wildman–Crippen LogP) is 2.18. The molecule has 0 radical (unpaired) electrons. The number of hydrogen-bond acceptors (Lipinski definition) is 5. The van der Waals surface area contributed by atoms with Gasteiger partial charge in [-0.15, -0.1) is 5.06 Å². The average Bonchev–Trinajstić information content (AvgIpc) is 2.75. The van der Waals surface area contributed by atoms with Crippen LogP contribution in [0.5, 0.6) is 0 Å². The highest BCUT2D eigenvalue weighted by Crippen LogP contribution is 2.23. The highest BCUT2D eigenvalue weighted by atomic mass is 17.3. The molecule has 0 saturated carbocycles. The summed E-state index contributed by atoms with van der Waals surface area (Å²) < 4.78 is 0. The van der Waals surface area contributed by atoms with Gasteiger partial charge in [-0.2, -0.15) is 4.89 Å². The molecule has 22 heavy (non-hydrogen) atoms. The van der Waals surface area contributed by atoms with Crippen LogP contribution in [0, 0.1) is 0 Å². The molecule has 0 fully saturated rings. The Hall–Kier alpha value is -2.25. The molecule has 0 aliphatic carbocycles. The molecule has 1 unspecified atom stereocenters. The lowest BCUT2D eigenvalue weighted by molar-refractivity contribution is -0.402. The second-order valence-corrected chi connectivity index (χ2v) is 4.94. The van der Waals surface area contributed by atoms with Crippen molar-refractivity contribution in [2.75, 3.05) is 0 Å². The third-order valence-electron chi connectivity index (χ3n) is 3.34. The summed E-state index contributed by atoms with van der Waals surface area (Å²) in [5.74, 6) is -2.54. The lowest BCUT2D eigenvalue weighted by Gasteiger charge is -2.16. The highest BCUT2D eigenvalue weighted by molar-refractivity contribution is 6.20. The molecule has 118 valence electrons. The molecule has 1 atom stereocenters. The van der Waals surface area contributed by atoms with Gasteiger partial charge in [0, 0.05) is 0 Å². The van der Waals surface area contributed by atoms with Gasteiger partial charge >= 0.3 is 5.97 Å². The zero-order chi connectivity index (χ0) is 16.1. The maximum atomic E-state index is 12.0. The van der Waals surface area contributed by atoms with Gasteiger partial charge in [0.25, 0.3) is 11.8 Å². The Morgan fingerprint density at radius 3 is 2.27 bits per heavy atom. The fourth-order valence-corrected chi connectivity index (χ4v) is 2.12. The lowest BCUT2D eigenvalue weighted by atomic mass is 10.1. The molecular weight excluding hydrogens is 290 g/mol. The van der Waals surface area contributed by atoms with E-state index in [4.69, 9.17) is 15.0 Å². The number of carboxylic acid groups (broad SMARTS) is 1. The number of carbonyl (C=O) groups is 3. The van der Waals surface area contributed by atoms with Gasteiger partial charge in [-0.25, -0.2) is 4.79 Å². The van der Waals surface area contributed by atoms with E-state index >= 15 is 0 Å². The van der Waals surface area contributed by atoms with Crippen molar-refractivity contribution >= 4 is 17.8 Å². The average molecular weight is 307 g/mol. The minimum Gasteiger partial charge on any atom is -0.479 e. The van der Waals surface area contributed by atoms with Crippen molar-refractivity contribution in [2.45, 2.75) is 38.7 Å². The molecule has 1 heterocycles. The molecule has 2 rings (SSSR count). The Bertz CT molecular complexity index is 550. The van der Waals surface area contributed by atoms with Crippen molar-refractivity contribution in [3.63, 3.8) is 0 Å². The predicted molar refractivity (Wildman–Crippen MR) is 74.7 cm³/mol. The maximum Gasteiger partial charge on any atom is 0.336 e. The topological polar surface area (TPSA) is 93.1 Å². The van der Waals surface area contributed by atoms with Crippen LogP contribution in [0.1, 0.15) is 53.3 Å². The summed E-state index contributed by atoms with van der Waals surface area (Å²) in [5, 5.41) is 9.50. The summed E-state index contributed by atoms with van der Waals surface area (Å²) >= 11 is 0. The number of rotatable bonds is 8. The third-order valence-corrected chi connectivity index (χ3v) is 3.34. The Labute approximate surface area is 127 Å². The van der Waals surface area contributed by atoms with Crippen LogP contribution in [0.4, 0.5) is 0 Å². The standard InChI is InChI=1S/C15H17NO6/c1-2-3-4-9-12(15(19)20)21-22-16-13(17)10-7-5-6-8-11(10)14(16)18/h5-8,12H,2-4,9H2,1H3,(H,19,20). The Balaban J connectivity index is 1.98. The molecule has 0 aromatic heterocycles. The van der Waals surface area contributed by atoms with Gasteiger partial charge in [-0.1, -0.05) is 43.3 Å². The number of benzene rings is 1. The fourth-order valence-electron chi connectivity index (χ4n) is 2.12. The molecule has 0 saturated heterocycles. The van der Waals surface area contributed by atoms with Crippen molar-refractivity contribution < 1.29 is 29.4 Å². The van der Waals surface area contributed by atoms with Crippen molar-refractivity contribution in [1.29, 1.82) is 0 Å². The first kappa shape index (κ1) is 16.1. The number of unbranched alkanes of at least 4 members (excludes halogenated alkanes) is 2. The van der Waals surface area contributed by atoms with Gasteiger partial charge < -0.3 is 5.11 Å². The van der Waals surface area contributed by atoms with E-state index in [2.05, 4.69) is 0 Å². The number of imide groups is 1. The van der Waals surface area contributed by atoms with Gasteiger partial charge in [0.15, 0.2) is 6.10 Å². The van der Waals surface area contributed by atoms with Gasteiger partial charge in [-0.3, -0.25) is 9.59 Å². The summed E-state index contributed by atoms with van der Waals surface area (Å²) in [7, 11) is 0. The molecule has 1 N–H and O–H groups in total. The van der Waals surface area contributed by atoms with Crippen LogP contribution >= 0.6 is 0 Å². The second-order valence-electron chi connectivity index (χ2n) is 4.94. The smallest absolute Gasteiger partial charge is 0.336 e. The summed E-state index contributed by atoms with van der Waals surface area (Å²) in [6.45, 7) is 1.99. The summed E-state index contributed by atoms with van der Waals surface area (Å²) in [6.07, 6.45) is 1.47. The van der Waals surface area contributed by atoms with Gasteiger partial charge in [0.05, 0.1) is 11.1 Å². The fraction of sp³-hybridized carbons (Fsp3) is 0.400. The van der Waals surface area contributed by atoms with E-state index in [9.17, 15) is 14.4 Å². The number of nitrogens with zero attached hydrogens (tertiary/aromatic N) is 1. The number of carbonyl (C=O) groups excluding carboxylic acids is 2. The van der Waals surface area contributed by atoms with Crippen molar-refractivity contribution in [1.82, 2.24) is 5.06 Å². The molecule has 0 spiro atoms. The van der Waals surface area contributed by atoms with Crippen molar-refractivity contribution in [3.05, 3.63) is 35.4 Å². The minimum absolute atomic E-state index is 0.203. The molecule has 7 nitrogen and oxygen atoms in total. The van der Waals surface area contributed by atoms with Crippen LogP contribution in [-0.2, 0) is 14.7 Å². The van der Waals surface area contributed by atoms with Crippen LogP contribution < -0.4 is 0 Å². The van der Waals surface area contributed by atoms with Crippen LogP contribution in [-0.4, -0.2) is 34.1 Å². The highest BCUT2D eigenvalue weighted by Gasteiger charge is 2.38. The molecule has 7 heteroatoms. The van der Waals surface area contributed by atoms with Crippen LogP contribution in [0.15, 0.2) is 24.3 Å². The lowest BCUT2D eigenvalue weighted by Crippen LogP contribution is -2.34. The van der Waals surface area contributed by atoms with E-state index in [0.29, 0.717) is 11.5 Å². The molecule has 1 aliphatic rings. The van der Waals surface area contributed by atoms with Crippen LogP contribution in [0.3, 0.4) is 0 Å². The number of hydrogen-bond donors (Lipinski definition) is 1. The monoisotopic (exact) mass is 307 g/mol. The molecule has 1 aliphatic heterocycles. The van der Waals surface area contributed by atoms with Crippen LogP contribution in [0.2, 0.25) is 0 Å². The first-order valence-corrected chi connectivity index (χ1v) is 7.10. The van der Waals surface area contributed by atoms with Gasteiger partial charge in [0.2, 0.25) is 0 Å². The summed E-state index contributed by atoms with van der Waals surface area (Å²) in [5.41, 5.74) is 0.405. The van der Waals surface area contributed by atoms with E-state index in [0.717, 1.165) is 12.8 Å². The van der Waals surface area contributed by atoms with E-state index in [1.807, 2.05) is 6.92 Å². The van der Waals surface area contributed by atoms with E-state index in [1.165, 1.54) is 12.1 Å². The quantitative estimate of drug-likeness (QED) is 0.342. The normalized spacial score (nSPS) is 15.0. The largest absolute Gasteiger partial charge is 0.479 e. The first-order valence-electron chi connectivity index (χ1n) is 7.10. The van der Waals surface area contributed by atoms with Crippen molar-refractivity contribution in [2.24, 2.45) is 0 Å². The Morgan fingerprint density at radius 1 is 1.18 bits per heavy atom. The van der Waals surface area contributed by atoms with E-state index < -0.39 is 23.9 Å². The Kier molecular flexibility index (Phi) is 5.24. The molecule has 1 aromatic rings. The second kappa shape index (κ2) is 7.15. The number of amides is 2. The molecule has 2 amide bonds. The van der Waals surface area contributed by atoms with E-state index in [1.54, 1.807) is 12.1 Å². The number of hydroxylamine groups is 2. The minimum atomic E-state index is -1.23. The first-order chi connectivity index (χ1) is 10.6.